The first-order valence-electron chi connectivity index (χ1n) is 7.51. The van der Waals surface area contributed by atoms with Crippen LogP contribution in [0.25, 0.3) is 0 Å². The number of hydrogen-bond acceptors (Lipinski definition) is 3. The van der Waals surface area contributed by atoms with Gasteiger partial charge in [0, 0.05) is 24.7 Å². The molecule has 2 fully saturated rings. The van der Waals surface area contributed by atoms with Crippen molar-refractivity contribution in [3.05, 3.63) is 29.6 Å². The molecule has 0 aliphatic carbocycles. The number of halogens is 1. The predicted molar refractivity (Wildman–Crippen MR) is 77.8 cm³/mol. The van der Waals surface area contributed by atoms with Crippen molar-refractivity contribution in [2.75, 3.05) is 31.1 Å². The van der Waals surface area contributed by atoms with Gasteiger partial charge in [-0.1, -0.05) is 6.42 Å². The standard InChI is InChI=1S/C16H21FN2O/c17-15-10-13(12-20)4-5-16(15)19-9-6-14(11-19)18-7-2-1-3-8-18/h4-5,10,12,14H,1-3,6-9,11H2. The fourth-order valence-electron chi connectivity index (χ4n) is 3.40. The van der Waals surface area contributed by atoms with Crippen LogP contribution in [-0.2, 0) is 0 Å². The van der Waals surface area contributed by atoms with Crippen LogP contribution in [0.3, 0.4) is 0 Å². The molecule has 0 N–H and O–H groups in total. The van der Waals surface area contributed by atoms with E-state index in [1.54, 1.807) is 12.1 Å². The van der Waals surface area contributed by atoms with E-state index in [1.807, 2.05) is 0 Å². The number of rotatable bonds is 3. The third kappa shape index (κ3) is 2.70. The molecule has 1 aromatic carbocycles. The Kier molecular flexibility index (Phi) is 4.01. The van der Waals surface area contributed by atoms with Crippen LogP contribution < -0.4 is 4.90 Å². The largest absolute Gasteiger partial charge is 0.368 e. The van der Waals surface area contributed by atoms with Crippen molar-refractivity contribution in [1.29, 1.82) is 0 Å². The summed E-state index contributed by atoms with van der Waals surface area (Å²) in [6, 6.07) is 5.31. The van der Waals surface area contributed by atoms with E-state index in [4.69, 9.17) is 0 Å². The van der Waals surface area contributed by atoms with E-state index < -0.39 is 0 Å². The second-order valence-corrected chi connectivity index (χ2v) is 5.81. The zero-order chi connectivity index (χ0) is 13.9. The maximum Gasteiger partial charge on any atom is 0.150 e. The highest BCUT2D eigenvalue weighted by atomic mass is 19.1. The monoisotopic (exact) mass is 276 g/mol. The van der Waals surface area contributed by atoms with Crippen molar-refractivity contribution in [1.82, 2.24) is 4.90 Å². The molecule has 0 saturated carbocycles. The highest BCUT2D eigenvalue weighted by Gasteiger charge is 2.29. The van der Waals surface area contributed by atoms with Crippen LogP contribution in [0.15, 0.2) is 18.2 Å². The number of piperidine rings is 1. The first-order valence-corrected chi connectivity index (χ1v) is 7.51. The number of carbonyl (C=O) groups is 1. The van der Waals surface area contributed by atoms with Gasteiger partial charge in [-0.05, 0) is 50.6 Å². The maximum atomic E-state index is 14.0. The summed E-state index contributed by atoms with van der Waals surface area (Å²) in [5, 5.41) is 0. The third-order valence-electron chi connectivity index (χ3n) is 4.52. The second kappa shape index (κ2) is 5.92. The lowest BCUT2D eigenvalue weighted by molar-refractivity contribution is 0.112. The summed E-state index contributed by atoms with van der Waals surface area (Å²) in [5.41, 5.74) is 1.04. The number of carbonyl (C=O) groups excluding carboxylic acids is 1. The van der Waals surface area contributed by atoms with Crippen molar-refractivity contribution in [3.8, 4) is 0 Å². The Hall–Kier alpha value is -1.42. The predicted octanol–water partition coefficient (Wildman–Crippen LogP) is 2.70. The lowest BCUT2D eigenvalue weighted by Crippen LogP contribution is -2.40. The topological polar surface area (TPSA) is 23.6 Å². The van der Waals surface area contributed by atoms with Gasteiger partial charge in [-0.3, -0.25) is 9.69 Å². The minimum Gasteiger partial charge on any atom is -0.368 e. The van der Waals surface area contributed by atoms with E-state index in [-0.39, 0.29) is 5.82 Å². The number of likely N-dealkylation sites (tertiary alicyclic amines) is 1. The molecule has 1 unspecified atom stereocenters. The molecule has 2 aliphatic rings. The van der Waals surface area contributed by atoms with E-state index >= 15 is 0 Å². The molecule has 0 aromatic heterocycles. The highest BCUT2D eigenvalue weighted by Crippen LogP contribution is 2.27. The van der Waals surface area contributed by atoms with Crippen LogP contribution in [0.5, 0.6) is 0 Å². The van der Waals surface area contributed by atoms with Crippen LogP contribution in [-0.4, -0.2) is 43.4 Å². The quantitative estimate of drug-likeness (QED) is 0.793. The number of aldehydes is 1. The molecule has 1 atom stereocenters. The van der Waals surface area contributed by atoms with Crippen molar-refractivity contribution in [2.45, 2.75) is 31.7 Å². The normalized spacial score (nSPS) is 24.1. The summed E-state index contributed by atoms with van der Waals surface area (Å²) in [6.45, 7) is 4.17. The summed E-state index contributed by atoms with van der Waals surface area (Å²) in [7, 11) is 0. The second-order valence-electron chi connectivity index (χ2n) is 5.81. The van der Waals surface area contributed by atoms with Crippen LogP contribution >= 0.6 is 0 Å². The molecular weight excluding hydrogens is 255 g/mol. The number of hydrogen-bond donors (Lipinski definition) is 0. The van der Waals surface area contributed by atoms with Crippen molar-refractivity contribution < 1.29 is 9.18 Å². The van der Waals surface area contributed by atoms with Gasteiger partial charge < -0.3 is 4.90 Å². The summed E-state index contributed by atoms with van der Waals surface area (Å²) in [5.74, 6) is -0.283. The Balaban J connectivity index is 1.68. The van der Waals surface area contributed by atoms with Gasteiger partial charge in [0.05, 0.1) is 5.69 Å². The van der Waals surface area contributed by atoms with E-state index in [2.05, 4.69) is 9.80 Å². The summed E-state index contributed by atoms with van der Waals surface area (Å²) >= 11 is 0. The van der Waals surface area contributed by atoms with E-state index in [1.165, 1.54) is 38.4 Å². The Morgan fingerprint density at radius 1 is 1.15 bits per heavy atom. The van der Waals surface area contributed by atoms with Gasteiger partial charge in [0.1, 0.15) is 12.1 Å². The van der Waals surface area contributed by atoms with Gasteiger partial charge in [-0.15, -0.1) is 0 Å². The Bertz CT molecular complexity index is 485. The molecule has 2 heterocycles. The molecule has 3 nitrogen and oxygen atoms in total. The first-order chi connectivity index (χ1) is 9.78. The van der Waals surface area contributed by atoms with Gasteiger partial charge in [0.25, 0.3) is 0 Å². The summed E-state index contributed by atoms with van der Waals surface area (Å²) < 4.78 is 14.0. The molecule has 20 heavy (non-hydrogen) atoms. The molecular formula is C16H21FN2O. The number of nitrogens with zero attached hydrogens (tertiary/aromatic N) is 2. The Morgan fingerprint density at radius 2 is 1.95 bits per heavy atom. The smallest absolute Gasteiger partial charge is 0.150 e. The molecule has 108 valence electrons. The average molecular weight is 276 g/mol. The summed E-state index contributed by atoms with van der Waals surface area (Å²) in [6.07, 6.45) is 5.72. The minimum atomic E-state index is -0.283. The maximum absolute atomic E-state index is 14.0. The lowest BCUT2D eigenvalue weighted by atomic mass is 10.1. The zero-order valence-corrected chi connectivity index (χ0v) is 11.7. The Morgan fingerprint density at radius 3 is 2.65 bits per heavy atom. The van der Waals surface area contributed by atoms with Crippen LogP contribution in [0.4, 0.5) is 10.1 Å². The molecule has 2 saturated heterocycles. The molecule has 0 radical (unpaired) electrons. The third-order valence-corrected chi connectivity index (χ3v) is 4.52. The van der Waals surface area contributed by atoms with Gasteiger partial charge in [0.2, 0.25) is 0 Å². The summed E-state index contributed by atoms with van der Waals surface area (Å²) in [4.78, 5) is 15.3. The van der Waals surface area contributed by atoms with Crippen molar-refractivity contribution in [3.63, 3.8) is 0 Å². The molecule has 0 amide bonds. The highest BCUT2D eigenvalue weighted by molar-refractivity contribution is 5.76. The molecule has 0 spiro atoms. The van der Waals surface area contributed by atoms with Crippen LogP contribution in [0.1, 0.15) is 36.0 Å². The Labute approximate surface area is 119 Å². The van der Waals surface area contributed by atoms with Gasteiger partial charge in [-0.2, -0.15) is 0 Å². The average Bonchev–Trinajstić information content (AvgIpc) is 2.97. The fraction of sp³-hybridized carbons (Fsp3) is 0.562. The fourth-order valence-corrected chi connectivity index (χ4v) is 3.40. The van der Waals surface area contributed by atoms with Gasteiger partial charge >= 0.3 is 0 Å². The number of benzene rings is 1. The van der Waals surface area contributed by atoms with Crippen molar-refractivity contribution in [2.24, 2.45) is 0 Å². The van der Waals surface area contributed by atoms with E-state index in [0.717, 1.165) is 19.5 Å². The molecule has 1 aromatic rings. The van der Waals surface area contributed by atoms with Gasteiger partial charge in [-0.25, -0.2) is 4.39 Å². The zero-order valence-electron chi connectivity index (χ0n) is 11.7. The molecule has 2 aliphatic heterocycles. The molecule has 3 rings (SSSR count). The number of anilines is 1. The SMILES string of the molecule is O=Cc1ccc(N2CCC(N3CCCCC3)C2)c(F)c1. The van der Waals surface area contributed by atoms with Gasteiger partial charge in [0.15, 0.2) is 0 Å². The van der Waals surface area contributed by atoms with E-state index in [9.17, 15) is 9.18 Å². The molecule has 4 heteroatoms. The van der Waals surface area contributed by atoms with Crippen LogP contribution in [0, 0.1) is 5.82 Å². The minimum absolute atomic E-state index is 0.283. The first kappa shape index (κ1) is 13.6. The van der Waals surface area contributed by atoms with Crippen LogP contribution in [0.2, 0.25) is 0 Å². The van der Waals surface area contributed by atoms with Crippen molar-refractivity contribution >= 4 is 12.0 Å². The van der Waals surface area contributed by atoms with E-state index in [0.29, 0.717) is 23.6 Å². The molecule has 0 bridgehead atoms. The lowest BCUT2D eigenvalue weighted by Gasteiger charge is -2.32.